The van der Waals surface area contributed by atoms with Crippen LogP contribution in [0.1, 0.15) is 21.9 Å². The molecule has 3 N–H and O–H groups in total. The molecule has 9 nitrogen and oxygen atoms in total. The highest BCUT2D eigenvalue weighted by atomic mass is 16.4. The molecule has 0 aromatic carbocycles. The minimum atomic E-state index is -1.22. The molecule has 0 aliphatic carbocycles. The lowest BCUT2D eigenvalue weighted by atomic mass is 10.3. The van der Waals surface area contributed by atoms with Gasteiger partial charge in [0.2, 0.25) is 5.91 Å². The first-order chi connectivity index (χ1) is 10.0. The normalized spacial score (nSPS) is 10.6. The van der Waals surface area contributed by atoms with Crippen LogP contribution in [0, 0.1) is 0 Å². The van der Waals surface area contributed by atoms with Gasteiger partial charge in [0.1, 0.15) is 12.3 Å². The fourth-order valence-electron chi connectivity index (χ4n) is 1.80. The number of aromatic nitrogens is 3. The van der Waals surface area contributed by atoms with E-state index in [2.05, 4.69) is 10.3 Å². The summed E-state index contributed by atoms with van der Waals surface area (Å²) in [5.41, 5.74) is 5.46. The molecule has 2 aromatic heterocycles. The van der Waals surface area contributed by atoms with Crippen LogP contribution in [-0.4, -0.2) is 43.9 Å². The Morgan fingerprint density at radius 2 is 2.29 bits per heavy atom. The number of carbonyl (C=O) groups is 2. The quantitative estimate of drug-likeness (QED) is 0.747. The van der Waals surface area contributed by atoms with Gasteiger partial charge in [0.05, 0.1) is 18.5 Å². The number of nitrogens with two attached hydrogens (primary N) is 1. The van der Waals surface area contributed by atoms with E-state index in [1.54, 1.807) is 19.2 Å². The second kappa shape index (κ2) is 6.18. The molecule has 0 radical (unpaired) electrons. The molecule has 0 unspecified atom stereocenters. The van der Waals surface area contributed by atoms with Gasteiger partial charge in [-0.1, -0.05) is 5.21 Å². The molecule has 112 valence electrons. The zero-order valence-corrected chi connectivity index (χ0v) is 11.4. The van der Waals surface area contributed by atoms with E-state index in [0.717, 1.165) is 0 Å². The number of hydrogen-bond donors (Lipinski definition) is 2. The smallest absolute Gasteiger partial charge is 0.358 e. The van der Waals surface area contributed by atoms with Crippen molar-refractivity contribution in [3.8, 4) is 0 Å². The van der Waals surface area contributed by atoms with Gasteiger partial charge in [-0.2, -0.15) is 0 Å². The lowest BCUT2D eigenvalue weighted by Gasteiger charge is -2.16. The summed E-state index contributed by atoms with van der Waals surface area (Å²) in [4.78, 5) is 24.5. The van der Waals surface area contributed by atoms with E-state index in [0.29, 0.717) is 12.3 Å². The third-order valence-corrected chi connectivity index (χ3v) is 2.92. The summed E-state index contributed by atoms with van der Waals surface area (Å²) in [5, 5.41) is 16.1. The zero-order chi connectivity index (χ0) is 15.4. The van der Waals surface area contributed by atoms with Crippen LogP contribution in [-0.2, 0) is 24.4 Å². The molecule has 2 rings (SSSR count). The van der Waals surface area contributed by atoms with Gasteiger partial charge in [-0.15, -0.1) is 5.10 Å². The van der Waals surface area contributed by atoms with Gasteiger partial charge in [-0.25, -0.2) is 9.48 Å². The van der Waals surface area contributed by atoms with E-state index in [9.17, 15) is 9.59 Å². The van der Waals surface area contributed by atoms with E-state index in [4.69, 9.17) is 15.3 Å². The van der Waals surface area contributed by atoms with E-state index in [-0.39, 0.29) is 30.4 Å². The van der Waals surface area contributed by atoms with Crippen LogP contribution in [0.5, 0.6) is 0 Å². The van der Waals surface area contributed by atoms with Crippen LogP contribution in [0.25, 0.3) is 0 Å². The fraction of sp³-hybridized carbons (Fsp3) is 0.333. The maximum Gasteiger partial charge on any atom is 0.358 e. The summed E-state index contributed by atoms with van der Waals surface area (Å²) in [5.74, 6) is -0.837. The average molecular weight is 293 g/mol. The fourth-order valence-corrected chi connectivity index (χ4v) is 1.80. The van der Waals surface area contributed by atoms with Crippen LogP contribution < -0.4 is 5.73 Å². The molecular formula is C12H15N5O4. The highest BCUT2D eigenvalue weighted by Gasteiger charge is 2.20. The average Bonchev–Trinajstić information content (AvgIpc) is 3.07. The van der Waals surface area contributed by atoms with Gasteiger partial charge in [-0.3, -0.25) is 4.79 Å². The van der Waals surface area contributed by atoms with Crippen molar-refractivity contribution in [2.75, 3.05) is 7.05 Å². The summed E-state index contributed by atoms with van der Waals surface area (Å²) in [6.07, 6.45) is 1.52. The monoisotopic (exact) mass is 293 g/mol. The van der Waals surface area contributed by atoms with Crippen molar-refractivity contribution in [3.05, 3.63) is 35.5 Å². The summed E-state index contributed by atoms with van der Waals surface area (Å²) in [6, 6.07) is 3.49. The molecule has 0 aliphatic rings. The van der Waals surface area contributed by atoms with Crippen molar-refractivity contribution in [1.29, 1.82) is 0 Å². The Kier molecular flexibility index (Phi) is 4.33. The number of aromatic carboxylic acids is 1. The number of furan rings is 1. The predicted molar refractivity (Wildman–Crippen MR) is 70.1 cm³/mol. The molecule has 2 heterocycles. The number of hydrogen-bond acceptors (Lipinski definition) is 6. The molecule has 9 heteroatoms. The topological polar surface area (TPSA) is 127 Å². The second-order valence-corrected chi connectivity index (χ2v) is 4.38. The lowest BCUT2D eigenvalue weighted by molar-refractivity contribution is -0.131. The van der Waals surface area contributed by atoms with E-state index in [1.807, 2.05) is 0 Å². The molecule has 0 spiro atoms. The highest BCUT2D eigenvalue weighted by Crippen LogP contribution is 2.07. The predicted octanol–water partition coefficient (Wildman–Crippen LogP) is -0.313. The summed E-state index contributed by atoms with van der Waals surface area (Å²) < 4.78 is 6.36. The first-order valence-corrected chi connectivity index (χ1v) is 6.15. The molecule has 21 heavy (non-hydrogen) atoms. The van der Waals surface area contributed by atoms with Gasteiger partial charge in [0.25, 0.3) is 0 Å². The van der Waals surface area contributed by atoms with Gasteiger partial charge in [-0.05, 0) is 12.1 Å². The lowest BCUT2D eigenvalue weighted by Crippen LogP contribution is -2.31. The van der Waals surface area contributed by atoms with Gasteiger partial charge >= 0.3 is 5.97 Å². The molecular weight excluding hydrogens is 278 g/mol. The van der Waals surface area contributed by atoms with Crippen LogP contribution in [0.15, 0.2) is 22.8 Å². The second-order valence-electron chi connectivity index (χ2n) is 4.38. The SMILES string of the molecule is CN(Cc1ccco1)C(=O)Cn1nnc(C(=O)O)c1CN. The molecule has 0 aliphatic heterocycles. The Labute approximate surface area is 119 Å². The zero-order valence-electron chi connectivity index (χ0n) is 11.4. The summed E-state index contributed by atoms with van der Waals surface area (Å²) >= 11 is 0. The Hall–Kier alpha value is -2.68. The molecule has 2 aromatic rings. The van der Waals surface area contributed by atoms with Crippen molar-refractivity contribution in [3.63, 3.8) is 0 Å². The van der Waals surface area contributed by atoms with Crippen LogP contribution >= 0.6 is 0 Å². The van der Waals surface area contributed by atoms with Crippen LogP contribution in [0.3, 0.4) is 0 Å². The summed E-state index contributed by atoms with van der Waals surface area (Å²) in [6.45, 7) is 0.109. The molecule has 0 fully saturated rings. The third kappa shape index (κ3) is 3.26. The first-order valence-electron chi connectivity index (χ1n) is 6.15. The van der Waals surface area contributed by atoms with Gasteiger partial charge in [0, 0.05) is 13.6 Å². The first kappa shape index (κ1) is 14.7. The Bertz CT molecular complexity index is 634. The number of rotatable bonds is 6. The maximum atomic E-state index is 12.1. The van der Waals surface area contributed by atoms with E-state index < -0.39 is 5.97 Å². The van der Waals surface area contributed by atoms with Crippen molar-refractivity contribution in [1.82, 2.24) is 19.9 Å². The largest absolute Gasteiger partial charge is 0.476 e. The highest BCUT2D eigenvalue weighted by molar-refractivity contribution is 5.86. The van der Waals surface area contributed by atoms with Crippen molar-refractivity contribution >= 4 is 11.9 Å². The minimum Gasteiger partial charge on any atom is -0.476 e. The number of carbonyl (C=O) groups excluding carboxylic acids is 1. The standard InChI is InChI=1S/C12H15N5O4/c1-16(6-8-3-2-4-21-8)10(18)7-17-9(5-13)11(12(19)20)14-15-17/h2-4H,5-7,13H2,1H3,(H,19,20). The number of nitrogens with zero attached hydrogens (tertiary/aromatic N) is 4. The van der Waals surface area contributed by atoms with Gasteiger partial charge in [0.15, 0.2) is 5.69 Å². The Morgan fingerprint density at radius 3 is 2.86 bits per heavy atom. The van der Waals surface area contributed by atoms with Crippen LogP contribution in [0.4, 0.5) is 0 Å². The number of carboxylic acid groups (broad SMARTS) is 1. The minimum absolute atomic E-state index is 0.0657. The molecule has 1 amide bonds. The van der Waals surface area contributed by atoms with Crippen molar-refractivity contribution < 1.29 is 19.1 Å². The maximum absolute atomic E-state index is 12.1. The van der Waals surface area contributed by atoms with Crippen molar-refractivity contribution in [2.45, 2.75) is 19.6 Å². The number of carboxylic acids is 1. The number of likely N-dealkylation sites (N-methyl/N-ethyl adjacent to an activating group) is 1. The van der Waals surface area contributed by atoms with Crippen molar-refractivity contribution in [2.24, 2.45) is 5.73 Å². The number of amides is 1. The van der Waals surface area contributed by atoms with E-state index >= 15 is 0 Å². The summed E-state index contributed by atoms with van der Waals surface area (Å²) in [7, 11) is 1.61. The Balaban J connectivity index is 2.07. The van der Waals surface area contributed by atoms with E-state index in [1.165, 1.54) is 15.8 Å². The third-order valence-electron chi connectivity index (χ3n) is 2.92. The molecule has 0 atom stereocenters. The molecule has 0 bridgehead atoms. The molecule has 0 saturated heterocycles. The Morgan fingerprint density at radius 1 is 1.52 bits per heavy atom. The molecule has 0 saturated carbocycles. The van der Waals surface area contributed by atoms with Gasteiger partial charge < -0.3 is 20.2 Å². The van der Waals surface area contributed by atoms with Crippen LogP contribution in [0.2, 0.25) is 0 Å².